The van der Waals surface area contributed by atoms with Crippen LogP contribution in [-0.2, 0) is 0 Å². The van der Waals surface area contributed by atoms with Gasteiger partial charge in [-0.15, -0.1) is 0 Å². The second-order valence-corrected chi connectivity index (χ2v) is 4.82. The summed E-state index contributed by atoms with van der Waals surface area (Å²) < 4.78 is 10.5. The lowest BCUT2D eigenvalue weighted by Crippen LogP contribution is -2.38. The monoisotopic (exact) mass is 283 g/mol. The van der Waals surface area contributed by atoms with Crippen LogP contribution in [0.15, 0.2) is 18.2 Å². The molecule has 0 saturated heterocycles. The van der Waals surface area contributed by atoms with Crippen LogP contribution in [0.5, 0.6) is 11.5 Å². The first-order chi connectivity index (χ1) is 9.53. The highest BCUT2D eigenvalue weighted by Gasteiger charge is 2.23. The van der Waals surface area contributed by atoms with E-state index in [-0.39, 0.29) is 6.04 Å². The first kappa shape index (κ1) is 16.8. The van der Waals surface area contributed by atoms with Gasteiger partial charge >= 0.3 is 0 Å². The predicted molar refractivity (Wildman–Crippen MR) is 78.3 cm³/mol. The number of hydrogen-bond donors (Lipinski definition) is 3. The molecule has 0 bridgehead atoms. The van der Waals surface area contributed by atoms with Gasteiger partial charge in [-0.05, 0) is 31.5 Å². The first-order valence-electron chi connectivity index (χ1n) is 6.84. The zero-order chi connectivity index (χ0) is 15.1. The van der Waals surface area contributed by atoms with Crippen molar-refractivity contribution in [3.8, 4) is 11.5 Å². The molecule has 0 aromatic heterocycles. The topological polar surface area (TPSA) is 71.0 Å². The van der Waals surface area contributed by atoms with Gasteiger partial charge in [-0.2, -0.15) is 0 Å². The van der Waals surface area contributed by atoms with Crippen LogP contribution in [0, 0.1) is 0 Å². The van der Waals surface area contributed by atoms with Crippen molar-refractivity contribution < 1.29 is 19.7 Å². The van der Waals surface area contributed by atoms with Crippen LogP contribution in [0.2, 0.25) is 0 Å². The Balaban J connectivity index is 2.94. The Bertz CT molecular complexity index is 409. The molecular formula is C15H25NO4. The van der Waals surface area contributed by atoms with Gasteiger partial charge in [0.05, 0.1) is 26.4 Å². The van der Waals surface area contributed by atoms with Gasteiger partial charge < -0.3 is 25.0 Å². The summed E-state index contributed by atoms with van der Waals surface area (Å²) in [5, 5.41) is 23.0. The summed E-state index contributed by atoms with van der Waals surface area (Å²) in [4.78, 5) is 0. The highest BCUT2D eigenvalue weighted by atomic mass is 16.5. The average molecular weight is 283 g/mol. The minimum Gasteiger partial charge on any atom is -0.497 e. The van der Waals surface area contributed by atoms with E-state index >= 15 is 0 Å². The van der Waals surface area contributed by atoms with Gasteiger partial charge in [0.2, 0.25) is 0 Å². The number of rotatable bonds is 8. The summed E-state index contributed by atoms with van der Waals surface area (Å²) in [6.45, 7) is 4.12. The minimum absolute atomic E-state index is 0.161. The fourth-order valence-electron chi connectivity index (χ4n) is 2.09. The van der Waals surface area contributed by atoms with E-state index in [1.165, 1.54) is 0 Å². The Morgan fingerprint density at radius 1 is 1.20 bits per heavy atom. The summed E-state index contributed by atoms with van der Waals surface area (Å²) >= 11 is 0. The van der Waals surface area contributed by atoms with Crippen molar-refractivity contribution in [1.29, 1.82) is 0 Å². The Kier molecular flexibility index (Phi) is 6.78. The van der Waals surface area contributed by atoms with E-state index in [9.17, 15) is 10.2 Å². The van der Waals surface area contributed by atoms with Gasteiger partial charge in [-0.1, -0.05) is 6.92 Å². The summed E-state index contributed by atoms with van der Waals surface area (Å²) in [5.74, 6) is 1.29. The van der Waals surface area contributed by atoms with E-state index in [0.29, 0.717) is 23.6 Å². The number of benzene rings is 1. The zero-order valence-corrected chi connectivity index (χ0v) is 12.6. The maximum atomic E-state index is 10.5. The fourth-order valence-corrected chi connectivity index (χ4v) is 2.09. The molecule has 0 aliphatic carbocycles. The molecule has 0 fully saturated rings. The lowest BCUT2D eigenvalue weighted by atomic mass is 9.99. The molecule has 0 heterocycles. The van der Waals surface area contributed by atoms with Crippen LogP contribution in [0.3, 0.4) is 0 Å². The third kappa shape index (κ3) is 4.37. The lowest BCUT2D eigenvalue weighted by molar-refractivity contribution is 0.109. The van der Waals surface area contributed by atoms with Crippen molar-refractivity contribution in [2.45, 2.75) is 38.5 Å². The molecule has 1 aromatic rings. The van der Waals surface area contributed by atoms with Crippen LogP contribution < -0.4 is 14.8 Å². The number of nitrogens with one attached hydrogen (secondary N) is 1. The SMILES string of the molecule is CCC(NCC(C)O)C(O)c1cc(OC)ccc1OC. The van der Waals surface area contributed by atoms with Gasteiger partial charge in [0.25, 0.3) is 0 Å². The van der Waals surface area contributed by atoms with Gasteiger partial charge in [-0.3, -0.25) is 0 Å². The molecule has 5 nitrogen and oxygen atoms in total. The van der Waals surface area contributed by atoms with Crippen molar-refractivity contribution >= 4 is 0 Å². The molecule has 3 N–H and O–H groups in total. The maximum absolute atomic E-state index is 10.5. The largest absolute Gasteiger partial charge is 0.497 e. The van der Waals surface area contributed by atoms with E-state index in [2.05, 4.69) is 5.32 Å². The maximum Gasteiger partial charge on any atom is 0.124 e. The van der Waals surface area contributed by atoms with E-state index in [1.807, 2.05) is 6.92 Å². The van der Waals surface area contributed by atoms with Gasteiger partial charge in [0.15, 0.2) is 0 Å². The molecule has 0 aliphatic heterocycles. The predicted octanol–water partition coefficient (Wildman–Crippen LogP) is 1.49. The van der Waals surface area contributed by atoms with Crippen molar-refractivity contribution in [3.05, 3.63) is 23.8 Å². The molecule has 1 aromatic carbocycles. The molecule has 20 heavy (non-hydrogen) atoms. The van der Waals surface area contributed by atoms with Crippen LogP contribution >= 0.6 is 0 Å². The summed E-state index contributed by atoms with van der Waals surface area (Å²) in [7, 11) is 3.16. The third-order valence-corrected chi connectivity index (χ3v) is 3.25. The first-order valence-corrected chi connectivity index (χ1v) is 6.84. The Labute approximate surface area is 120 Å². The number of aliphatic hydroxyl groups is 2. The minimum atomic E-state index is -0.733. The molecule has 0 aliphatic rings. The van der Waals surface area contributed by atoms with Crippen molar-refractivity contribution in [3.63, 3.8) is 0 Å². The molecule has 0 spiro atoms. The highest BCUT2D eigenvalue weighted by Crippen LogP contribution is 2.31. The Hall–Kier alpha value is -1.30. The molecule has 3 atom stereocenters. The lowest BCUT2D eigenvalue weighted by Gasteiger charge is -2.25. The van der Waals surface area contributed by atoms with Crippen molar-refractivity contribution in [1.82, 2.24) is 5.32 Å². The van der Waals surface area contributed by atoms with E-state index in [0.717, 1.165) is 6.42 Å². The van der Waals surface area contributed by atoms with E-state index < -0.39 is 12.2 Å². The second kappa shape index (κ2) is 8.09. The van der Waals surface area contributed by atoms with E-state index in [1.54, 1.807) is 39.3 Å². The van der Waals surface area contributed by atoms with Crippen LogP contribution in [0.1, 0.15) is 31.9 Å². The van der Waals surface area contributed by atoms with Gasteiger partial charge in [0.1, 0.15) is 11.5 Å². The normalized spacial score (nSPS) is 15.5. The smallest absolute Gasteiger partial charge is 0.124 e. The molecule has 5 heteroatoms. The molecule has 0 radical (unpaired) electrons. The quantitative estimate of drug-likeness (QED) is 0.674. The standard InChI is InChI=1S/C15H25NO4/c1-5-13(16-9-10(2)17)15(18)12-8-11(19-3)6-7-14(12)20-4/h6-8,10,13,15-18H,5,9H2,1-4H3. The van der Waals surface area contributed by atoms with Crippen LogP contribution in [0.4, 0.5) is 0 Å². The summed E-state index contributed by atoms with van der Waals surface area (Å²) in [5.41, 5.74) is 0.678. The van der Waals surface area contributed by atoms with E-state index in [4.69, 9.17) is 9.47 Å². The number of hydrogen-bond acceptors (Lipinski definition) is 5. The number of aliphatic hydroxyl groups excluding tert-OH is 2. The molecule has 0 saturated carbocycles. The van der Waals surface area contributed by atoms with Crippen molar-refractivity contribution in [2.24, 2.45) is 0 Å². The zero-order valence-electron chi connectivity index (χ0n) is 12.6. The Morgan fingerprint density at radius 2 is 1.90 bits per heavy atom. The van der Waals surface area contributed by atoms with Crippen LogP contribution in [-0.4, -0.2) is 43.1 Å². The average Bonchev–Trinajstić information content (AvgIpc) is 2.46. The van der Waals surface area contributed by atoms with Gasteiger partial charge in [-0.25, -0.2) is 0 Å². The van der Waals surface area contributed by atoms with Crippen molar-refractivity contribution in [2.75, 3.05) is 20.8 Å². The Morgan fingerprint density at radius 3 is 2.40 bits per heavy atom. The third-order valence-electron chi connectivity index (χ3n) is 3.25. The molecule has 0 amide bonds. The summed E-state index contributed by atoms with van der Waals surface area (Å²) in [6.07, 6.45) is -0.457. The number of ether oxygens (including phenoxy) is 2. The van der Waals surface area contributed by atoms with Gasteiger partial charge in [0, 0.05) is 18.2 Å². The summed E-state index contributed by atoms with van der Waals surface area (Å²) in [6, 6.07) is 5.18. The molecule has 1 rings (SSSR count). The van der Waals surface area contributed by atoms with Crippen LogP contribution in [0.25, 0.3) is 0 Å². The second-order valence-electron chi connectivity index (χ2n) is 4.82. The fraction of sp³-hybridized carbons (Fsp3) is 0.600. The highest BCUT2D eigenvalue weighted by molar-refractivity contribution is 5.42. The number of methoxy groups -OCH3 is 2. The molecule has 114 valence electrons. The molecular weight excluding hydrogens is 258 g/mol. The molecule has 3 unspecified atom stereocenters.